The molecule has 0 amide bonds. The van der Waals surface area contributed by atoms with Gasteiger partial charge in [-0.3, -0.25) is 9.08 Å². The molecule has 0 atom stereocenters. The lowest BCUT2D eigenvalue weighted by Gasteiger charge is -2.22. The Bertz CT molecular complexity index is 1390. The van der Waals surface area contributed by atoms with Crippen molar-refractivity contribution in [2.45, 2.75) is 25.8 Å². The maximum absolute atomic E-state index is 4.85. The molecule has 6 nitrogen and oxygen atoms in total. The first-order valence-electron chi connectivity index (χ1n) is 10.9. The number of piperidine rings is 1. The predicted molar refractivity (Wildman–Crippen MR) is 123 cm³/mol. The molecule has 4 aromatic heterocycles. The molecule has 1 fully saturated rings. The molecule has 0 unspecified atom stereocenters. The van der Waals surface area contributed by atoms with E-state index in [1.54, 1.807) is 0 Å². The molecule has 0 bridgehead atoms. The first-order chi connectivity index (χ1) is 15.3. The number of fused-ring (bicyclic) bond motifs is 2. The van der Waals surface area contributed by atoms with Gasteiger partial charge in [0.2, 0.25) is 0 Å². The molecule has 6 rings (SSSR count). The second kappa shape index (κ2) is 7.32. The monoisotopic (exact) mass is 408 g/mol. The van der Waals surface area contributed by atoms with Crippen molar-refractivity contribution in [1.29, 1.82) is 0 Å². The zero-order chi connectivity index (χ0) is 20.8. The van der Waals surface area contributed by atoms with E-state index >= 15 is 0 Å². The lowest BCUT2D eigenvalue weighted by molar-refractivity contribution is 0.343. The van der Waals surface area contributed by atoms with Gasteiger partial charge in [0.05, 0.1) is 35.3 Å². The van der Waals surface area contributed by atoms with Gasteiger partial charge >= 0.3 is 0 Å². The molecule has 1 aliphatic heterocycles. The standard InChI is InChI=1S/C25H24N6/c1-17-15-30-24(23-7-6-18-4-2-3-5-22(18)29-23)14-27-25(30)12-21(17)19-13-28-31(16-19)20-8-10-26-11-9-20/h2-7,12-16,20,26H,8-11H2,1H3. The fourth-order valence-electron chi connectivity index (χ4n) is 4.58. The maximum atomic E-state index is 4.85. The van der Waals surface area contributed by atoms with Gasteiger partial charge in [-0.25, -0.2) is 9.97 Å². The smallest absolute Gasteiger partial charge is 0.137 e. The lowest BCUT2D eigenvalue weighted by atomic mass is 10.1. The van der Waals surface area contributed by atoms with Crippen LogP contribution in [-0.2, 0) is 0 Å². The largest absolute Gasteiger partial charge is 0.317 e. The molecule has 1 aromatic carbocycles. The molecule has 31 heavy (non-hydrogen) atoms. The van der Waals surface area contributed by atoms with Gasteiger partial charge in [-0.15, -0.1) is 0 Å². The van der Waals surface area contributed by atoms with E-state index in [9.17, 15) is 0 Å². The van der Waals surface area contributed by atoms with E-state index in [0.717, 1.165) is 59.4 Å². The van der Waals surface area contributed by atoms with Crippen LogP contribution in [0.5, 0.6) is 0 Å². The Morgan fingerprint density at radius 1 is 1.00 bits per heavy atom. The van der Waals surface area contributed by atoms with Crippen molar-refractivity contribution in [1.82, 2.24) is 29.5 Å². The second-order valence-corrected chi connectivity index (χ2v) is 8.32. The topological polar surface area (TPSA) is 60.0 Å². The molecule has 5 aromatic rings. The molecule has 1 aliphatic rings. The molecule has 1 N–H and O–H groups in total. The van der Waals surface area contributed by atoms with Crippen LogP contribution in [0.2, 0.25) is 0 Å². The molecule has 0 aliphatic carbocycles. The summed E-state index contributed by atoms with van der Waals surface area (Å²) in [6, 6.07) is 15.0. The van der Waals surface area contributed by atoms with E-state index < -0.39 is 0 Å². The Balaban J connectivity index is 1.39. The third kappa shape index (κ3) is 3.20. The molecule has 0 radical (unpaired) electrons. The van der Waals surface area contributed by atoms with Crippen LogP contribution in [-0.4, -0.2) is 37.2 Å². The van der Waals surface area contributed by atoms with Gasteiger partial charge in [-0.1, -0.05) is 24.3 Å². The molecule has 0 spiro atoms. The Labute approximate surface area is 180 Å². The van der Waals surface area contributed by atoms with Crippen LogP contribution in [0.4, 0.5) is 0 Å². The summed E-state index contributed by atoms with van der Waals surface area (Å²) < 4.78 is 4.27. The molecular weight excluding hydrogens is 384 g/mol. The average molecular weight is 409 g/mol. The fourth-order valence-corrected chi connectivity index (χ4v) is 4.58. The summed E-state index contributed by atoms with van der Waals surface area (Å²) >= 11 is 0. The minimum Gasteiger partial charge on any atom is -0.317 e. The predicted octanol–water partition coefficient (Wildman–Crippen LogP) is 4.65. The molecule has 154 valence electrons. The van der Waals surface area contributed by atoms with Gasteiger partial charge in [0.25, 0.3) is 0 Å². The molecular formula is C25H24N6. The first-order valence-corrected chi connectivity index (χ1v) is 10.9. The third-order valence-electron chi connectivity index (χ3n) is 6.30. The Hall–Kier alpha value is -3.51. The van der Waals surface area contributed by atoms with Crippen LogP contribution in [0.1, 0.15) is 24.4 Å². The number of pyridine rings is 2. The van der Waals surface area contributed by atoms with Crippen LogP contribution in [0.15, 0.2) is 67.3 Å². The number of nitrogens with one attached hydrogen (secondary N) is 1. The summed E-state index contributed by atoms with van der Waals surface area (Å²) in [4.78, 5) is 9.54. The number of hydrogen-bond donors (Lipinski definition) is 1. The van der Waals surface area contributed by atoms with E-state index in [4.69, 9.17) is 4.98 Å². The van der Waals surface area contributed by atoms with Crippen LogP contribution in [0.25, 0.3) is 39.1 Å². The molecule has 0 saturated carbocycles. The zero-order valence-electron chi connectivity index (χ0n) is 17.5. The van der Waals surface area contributed by atoms with Crippen molar-refractivity contribution in [2.75, 3.05) is 13.1 Å². The summed E-state index contributed by atoms with van der Waals surface area (Å²) in [5.74, 6) is 0. The van der Waals surface area contributed by atoms with Gasteiger partial charge in [0.1, 0.15) is 5.65 Å². The van der Waals surface area contributed by atoms with Crippen LogP contribution < -0.4 is 5.32 Å². The van der Waals surface area contributed by atoms with E-state index in [1.807, 2.05) is 30.6 Å². The van der Waals surface area contributed by atoms with Crippen molar-refractivity contribution < 1.29 is 0 Å². The quantitative estimate of drug-likeness (QED) is 0.472. The number of para-hydroxylation sites is 1. The highest BCUT2D eigenvalue weighted by molar-refractivity contribution is 5.81. The van der Waals surface area contributed by atoms with Crippen LogP contribution >= 0.6 is 0 Å². The lowest BCUT2D eigenvalue weighted by Crippen LogP contribution is -2.29. The Kier molecular flexibility index (Phi) is 4.32. The third-order valence-corrected chi connectivity index (χ3v) is 6.30. The number of rotatable bonds is 3. The van der Waals surface area contributed by atoms with E-state index in [2.05, 4.69) is 68.1 Å². The van der Waals surface area contributed by atoms with Crippen molar-refractivity contribution in [3.63, 3.8) is 0 Å². The van der Waals surface area contributed by atoms with E-state index in [1.165, 1.54) is 11.1 Å². The number of nitrogens with zero attached hydrogens (tertiary/aromatic N) is 5. The zero-order valence-corrected chi connectivity index (χ0v) is 17.5. The van der Waals surface area contributed by atoms with Crippen molar-refractivity contribution >= 4 is 16.6 Å². The van der Waals surface area contributed by atoms with Crippen molar-refractivity contribution in [2.24, 2.45) is 0 Å². The van der Waals surface area contributed by atoms with Gasteiger partial charge < -0.3 is 5.32 Å². The number of aromatic nitrogens is 5. The summed E-state index contributed by atoms with van der Waals surface area (Å²) in [5.41, 5.74) is 7.35. The summed E-state index contributed by atoms with van der Waals surface area (Å²) in [7, 11) is 0. The molecule has 6 heteroatoms. The highest BCUT2D eigenvalue weighted by atomic mass is 15.3. The number of imidazole rings is 1. The minimum absolute atomic E-state index is 0.482. The number of aryl methyl sites for hydroxylation is 1. The minimum atomic E-state index is 0.482. The normalized spacial score (nSPS) is 15.1. The number of benzene rings is 1. The van der Waals surface area contributed by atoms with E-state index in [-0.39, 0.29) is 0 Å². The van der Waals surface area contributed by atoms with Crippen LogP contribution in [0, 0.1) is 6.92 Å². The molecule has 1 saturated heterocycles. The highest BCUT2D eigenvalue weighted by Crippen LogP contribution is 2.29. The Morgan fingerprint density at radius 2 is 1.87 bits per heavy atom. The first kappa shape index (κ1) is 18.3. The second-order valence-electron chi connectivity index (χ2n) is 8.32. The van der Waals surface area contributed by atoms with Gasteiger partial charge in [-0.05, 0) is 62.2 Å². The van der Waals surface area contributed by atoms with Crippen molar-refractivity contribution in [3.8, 4) is 22.5 Å². The van der Waals surface area contributed by atoms with E-state index in [0.29, 0.717) is 6.04 Å². The average Bonchev–Trinajstić information content (AvgIpc) is 3.46. The molecule has 5 heterocycles. The Morgan fingerprint density at radius 3 is 2.77 bits per heavy atom. The van der Waals surface area contributed by atoms with Gasteiger partial charge in [-0.2, -0.15) is 5.10 Å². The number of hydrogen-bond acceptors (Lipinski definition) is 4. The van der Waals surface area contributed by atoms with Crippen LogP contribution in [0.3, 0.4) is 0 Å². The van der Waals surface area contributed by atoms with Gasteiger partial charge in [0.15, 0.2) is 0 Å². The summed E-state index contributed by atoms with van der Waals surface area (Å²) in [5, 5.41) is 9.23. The summed E-state index contributed by atoms with van der Waals surface area (Å²) in [6.45, 7) is 4.27. The SMILES string of the molecule is Cc1cn2c(-c3ccc4ccccc4n3)cnc2cc1-c1cnn(C2CCNCC2)c1. The highest BCUT2D eigenvalue weighted by Gasteiger charge is 2.17. The van der Waals surface area contributed by atoms with Gasteiger partial charge in [0, 0.05) is 23.3 Å². The fraction of sp³-hybridized carbons (Fsp3) is 0.240. The maximum Gasteiger partial charge on any atom is 0.137 e. The van der Waals surface area contributed by atoms with Crippen molar-refractivity contribution in [3.05, 3.63) is 72.8 Å². The summed E-state index contributed by atoms with van der Waals surface area (Å²) in [6.07, 6.45) is 10.5.